The van der Waals surface area contributed by atoms with E-state index in [4.69, 9.17) is 9.72 Å². The Morgan fingerprint density at radius 2 is 1.25 bits per heavy atom. The van der Waals surface area contributed by atoms with Crippen LogP contribution in [0.25, 0.3) is 77.7 Å². The van der Waals surface area contributed by atoms with Crippen LogP contribution in [-0.2, 0) is 26.5 Å². The number of aromatic nitrogens is 5. The number of imidazole rings is 1. The maximum atomic E-state index is 5.64. The third-order valence-corrected chi connectivity index (χ3v) is 10.6. The van der Waals surface area contributed by atoms with Gasteiger partial charge in [-0.1, -0.05) is 92.8 Å². The van der Waals surface area contributed by atoms with E-state index < -0.39 is 0 Å². The molecule has 276 valence electrons. The summed E-state index contributed by atoms with van der Waals surface area (Å²) in [6, 6.07) is 55.8. The number of nitrogens with zero attached hydrogens (tertiary/aromatic N) is 5. The molecule has 0 unspecified atom stereocenters. The average Bonchev–Trinajstić information content (AvgIpc) is 3.94. The molecule has 0 aliphatic rings. The molecule has 4 aromatic heterocycles. The summed E-state index contributed by atoms with van der Waals surface area (Å²) < 4.78 is 14.1. The molecule has 0 aliphatic heterocycles. The van der Waals surface area contributed by atoms with Gasteiger partial charge in [-0.3, -0.25) is 4.57 Å². The number of fused-ring (bicyclic) bond motifs is 6. The number of methoxy groups -OCH3 is 1. The third kappa shape index (κ3) is 5.75. The molecule has 0 saturated carbocycles. The Morgan fingerprint density at radius 3 is 1.88 bits per heavy atom. The van der Waals surface area contributed by atoms with Crippen molar-refractivity contribution in [2.45, 2.75) is 26.2 Å². The van der Waals surface area contributed by atoms with Crippen LogP contribution in [0.15, 0.2) is 152 Å². The van der Waals surface area contributed by atoms with Crippen molar-refractivity contribution in [2.75, 3.05) is 7.11 Å². The number of para-hydroxylation sites is 3. The maximum absolute atomic E-state index is 5.64. The van der Waals surface area contributed by atoms with Crippen molar-refractivity contribution < 1.29 is 30.4 Å². The summed E-state index contributed by atoms with van der Waals surface area (Å²) in [6.07, 6.45) is 7.57. The normalized spacial score (nSPS) is 11.8. The molecule has 6 nitrogen and oxygen atoms in total. The van der Waals surface area contributed by atoms with Gasteiger partial charge >= 0.3 is 0 Å². The van der Waals surface area contributed by atoms with Gasteiger partial charge in [-0.2, -0.15) is 42.5 Å². The molecule has 0 N–H and O–H groups in total. The summed E-state index contributed by atoms with van der Waals surface area (Å²) >= 11 is 0. The first-order valence-corrected chi connectivity index (χ1v) is 18.5. The minimum atomic E-state index is 0. The second kappa shape index (κ2) is 13.8. The predicted octanol–water partition coefficient (Wildman–Crippen LogP) is 10.7. The van der Waals surface area contributed by atoms with Crippen LogP contribution in [0.2, 0.25) is 0 Å². The molecule has 7 heteroatoms. The molecule has 0 radical (unpaired) electrons. The second-order valence-corrected chi connectivity index (χ2v) is 14.9. The summed E-state index contributed by atoms with van der Waals surface area (Å²) in [6.45, 7) is 6.70. The smallest absolute Gasteiger partial charge is 0.267 e. The molecule has 0 atom stereocenters. The van der Waals surface area contributed by atoms with Crippen LogP contribution >= 0.6 is 0 Å². The summed E-state index contributed by atoms with van der Waals surface area (Å²) in [5.41, 5.74) is 11.2. The zero-order valence-electron chi connectivity index (χ0n) is 31.4. The van der Waals surface area contributed by atoms with Crippen molar-refractivity contribution in [3.8, 4) is 39.6 Å². The molecule has 0 fully saturated rings. The quantitative estimate of drug-likeness (QED) is 0.123. The minimum Gasteiger partial charge on any atom is -0.497 e. The minimum absolute atomic E-state index is 0. The monoisotopic (exact) mass is 906 g/mol. The van der Waals surface area contributed by atoms with Gasteiger partial charge in [-0.15, -0.1) is 12.1 Å². The molecule has 0 saturated heterocycles. The zero-order chi connectivity index (χ0) is 37.3. The molecule has 0 amide bonds. The Balaban J connectivity index is 0.00000410. The van der Waals surface area contributed by atoms with Crippen molar-refractivity contribution >= 4 is 43.9 Å². The van der Waals surface area contributed by atoms with Gasteiger partial charge in [-0.25, -0.2) is 4.98 Å². The van der Waals surface area contributed by atoms with Crippen molar-refractivity contribution in [1.82, 2.24) is 18.7 Å². The number of pyridine rings is 1. The van der Waals surface area contributed by atoms with E-state index in [2.05, 4.69) is 164 Å². The van der Waals surface area contributed by atoms with Crippen LogP contribution < -0.4 is 9.30 Å². The molecule has 0 bridgehead atoms. The number of ether oxygens (including phenoxy) is 1. The van der Waals surface area contributed by atoms with E-state index in [-0.39, 0.29) is 26.5 Å². The Morgan fingerprint density at radius 1 is 0.643 bits per heavy atom. The number of rotatable bonds is 6. The van der Waals surface area contributed by atoms with E-state index in [0.29, 0.717) is 0 Å². The van der Waals surface area contributed by atoms with Crippen molar-refractivity contribution in [1.29, 1.82) is 0 Å². The third-order valence-electron chi connectivity index (χ3n) is 10.6. The van der Waals surface area contributed by atoms with Crippen LogP contribution in [0.3, 0.4) is 0 Å². The fourth-order valence-electron chi connectivity index (χ4n) is 7.87. The van der Waals surface area contributed by atoms with Gasteiger partial charge < -0.3 is 18.4 Å². The van der Waals surface area contributed by atoms with E-state index in [9.17, 15) is 0 Å². The molecule has 6 aromatic carbocycles. The molecule has 4 heterocycles. The van der Waals surface area contributed by atoms with Crippen LogP contribution in [0, 0.1) is 18.5 Å². The van der Waals surface area contributed by atoms with Gasteiger partial charge in [0.25, 0.3) is 6.33 Å². The van der Waals surface area contributed by atoms with Gasteiger partial charge in [0, 0.05) is 60.6 Å². The average molecular weight is 907 g/mol. The fraction of sp³-hybridized carbons (Fsp3) is 0.102. The number of hydrogen-bond donors (Lipinski definition) is 0. The maximum Gasteiger partial charge on any atom is 0.267 e. The van der Waals surface area contributed by atoms with Crippen molar-refractivity contribution in [3.63, 3.8) is 0 Å². The fourth-order valence-corrected chi connectivity index (χ4v) is 7.87. The van der Waals surface area contributed by atoms with Crippen LogP contribution in [0.1, 0.15) is 26.3 Å². The number of hydrogen-bond acceptors (Lipinski definition) is 2. The summed E-state index contributed by atoms with van der Waals surface area (Å²) in [5, 5.41) is 4.41. The zero-order valence-corrected chi connectivity index (χ0v) is 33.7. The standard InChI is InChI=1S/C49H37N5O.Pt/c1-49(2,3)34-23-25-35(26-24-34)51-29-30-52(32-51)37-15-12-16-38(31-37)54-43-20-11-9-18-41(43)46-44(33-21-27-39(55-4)28-22-33)45-40-17-8-10-19-42(40)53(47(45)50-48(46)54)36-13-6-5-7-14-36;/h5-13,15-30H,1-4H3;/q-2;. The van der Waals surface area contributed by atoms with Gasteiger partial charge in [0.2, 0.25) is 0 Å². The van der Waals surface area contributed by atoms with E-state index in [0.717, 1.165) is 83.5 Å². The Kier molecular flexibility index (Phi) is 8.75. The van der Waals surface area contributed by atoms with Crippen LogP contribution in [0.4, 0.5) is 0 Å². The molecule has 10 rings (SSSR count). The first-order chi connectivity index (χ1) is 26.9. The molecule has 0 spiro atoms. The van der Waals surface area contributed by atoms with E-state index >= 15 is 0 Å². The van der Waals surface area contributed by atoms with Crippen molar-refractivity contribution in [3.05, 3.63) is 176 Å². The largest absolute Gasteiger partial charge is 0.497 e. The summed E-state index contributed by atoms with van der Waals surface area (Å²) in [5.74, 6) is 0.811. The van der Waals surface area contributed by atoms with Crippen LogP contribution in [-0.4, -0.2) is 25.8 Å². The van der Waals surface area contributed by atoms with Crippen LogP contribution in [0.5, 0.6) is 5.75 Å². The molecular formula is C49H37N5OPt-2. The molecule has 0 aliphatic carbocycles. The van der Waals surface area contributed by atoms with E-state index in [1.165, 1.54) is 5.56 Å². The van der Waals surface area contributed by atoms with Gasteiger partial charge in [0.1, 0.15) is 17.0 Å². The van der Waals surface area contributed by atoms with E-state index in [1.54, 1.807) is 7.11 Å². The van der Waals surface area contributed by atoms with E-state index in [1.807, 2.05) is 45.8 Å². The molecule has 10 aromatic rings. The Bertz CT molecular complexity index is 3040. The van der Waals surface area contributed by atoms with Gasteiger partial charge in [0.05, 0.1) is 23.8 Å². The Labute approximate surface area is 340 Å². The van der Waals surface area contributed by atoms with Gasteiger partial charge in [0.15, 0.2) is 0 Å². The second-order valence-electron chi connectivity index (χ2n) is 14.9. The van der Waals surface area contributed by atoms with Gasteiger partial charge in [-0.05, 0) is 58.6 Å². The SMILES string of the molecule is COc1ccc(-c2c3c4ccccc4n(-c4[c-]cccc4)c3nc3c2c2ccccc2n3-c2[c-]c(-n3[c-][n+](-c4ccc(C(C)(C)C)cc4)cc3)ccc2)cc1.[Pt]. The molecular weight excluding hydrogens is 870 g/mol. The predicted molar refractivity (Wildman–Crippen MR) is 221 cm³/mol. The first kappa shape index (κ1) is 35.5. The molecule has 56 heavy (non-hydrogen) atoms. The summed E-state index contributed by atoms with van der Waals surface area (Å²) in [7, 11) is 1.70. The first-order valence-electron chi connectivity index (χ1n) is 18.5. The summed E-state index contributed by atoms with van der Waals surface area (Å²) in [4.78, 5) is 5.64. The number of benzene rings is 6. The van der Waals surface area contributed by atoms with Crippen molar-refractivity contribution in [2.24, 2.45) is 0 Å². The topological polar surface area (TPSA) is 40.8 Å². The Hall–Kier alpha value is -6.23.